The predicted octanol–water partition coefficient (Wildman–Crippen LogP) is 2.03. The fourth-order valence-electron chi connectivity index (χ4n) is 1.11. The average Bonchev–Trinajstić information content (AvgIpc) is 2.41. The minimum absolute atomic E-state index is 0.155. The Morgan fingerprint density at radius 1 is 1.50 bits per heavy atom. The van der Waals surface area contributed by atoms with Crippen LogP contribution in [0.15, 0.2) is 21.5 Å². The first-order chi connectivity index (χ1) is 5.70. The third-order valence-electron chi connectivity index (χ3n) is 1.78. The lowest BCUT2D eigenvalue weighted by atomic mass is 10.2. The van der Waals surface area contributed by atoms with Crippen LogP contribution in [-0.4, -0.2) is 5.16 Å². The zero-order chi connectivity index (χ0) is 8.72. The molecule has 0 amide bonds. The summed E-state index contributed by atoms with van der Waals surface area (Å²) in [5.74, 6) is 0. The molecule has 0 atom stereocenters. The van der Waals surface area contributed by atoms with Crippen molar-refractivity contribution in [2.24, 2.45) is 0 Å². The Morgan fingerprint density at radius 3 is 3.00 bits per heavy atom. The van der Waals surface area contributed by atoms with Crippen LogP contribution in [0.1, 0.15) is 5.56 Å². The lowest BCUT2D eigenvalue weighted by molar-refractivity contribution is 0.449. The van der Waals surface area contributed by atoms with Crippen molar-refractivity contribution in [1.29, 1.82) is 0 Å². The fourth-order valence-corrected chi connectivity index (χ4v) is 1.80. The van der Waals surface area contributed by atoms with Crippen LogP contribution in [0.4, 0.5) is 0 Å². The second-order valence-corrected chi connectivity index (χ2v) is 3.68. The summed E-state index contributed by atoms with van der Waals surface area (Å²) in [7, 11) is 0. The standard InChI is InChI=1S/C8H6INO2/c1-4-2-3-5-6(7(4)9)8(11)10-12-5/h2-3H,1H3,(H,10,11). The number of aryl methyl sites for hydroxylation is 1. The van der Waals surface area contributed by atoms with Crippen molar-refractivity contribution in [3.05, 3.63) is 31.6 Å². The van der Waals surface area contributed by atoms with E-state index in [4.69, 9.17) is 4.52 Å². The quantitative estimate of drug-likeness (QED) is 0.748. The molecule has 1 aromatic carbocycles. The Balaban J connectivity index is 3.06. The highest BCUT2D eigenvalue weighted by Crippen LogP contribution is 2.20. The number of rotatable bonds is 0. The molecule has 1 N–H and O–H groups in total. The Morgan fingerprint density at radius 2 is 2.25 bits per heavy atom. The van der Waals surface area contributed by atoms with Gasteiger partial charge in [-0.25, -0.2) is 0 Å². The number of aromatic amines is 1. The van der Waals surface area contributed by atoms with Gasteiger partial charge in [-0.05, 0) is 41.1 Å². The monoisotopic (exact) mass is 275 g/mol. The van der Waals surface area contributed by atoms with E-state index in [1.165, 1.54) is 0 Å². The minimum atomic E-state index is -0.155. The zero-order valence-corrected chi connectivity index (χ0v) is 8.51. The number of fused-ring (bicyclic) bond motifs is 1. The Hall–Kier alpha value is -0.780. The highest BCUT2D eigenvalue weighted by molar-refractivity contribution is 14.1. The molecule has 1 heterocycles. The molecule has 0 aliphatic carbocycles. The van der Waals surface area contributed by atoms with Crippen LogP contribution in [0.25, 0.3) is 11.0 Å². The summed E-state index contributed by atoms with van der Waals surface area (Å²) in [4.78, 5) is 11.2. The molecular formula is C8H6INO2. The van der Waals surface area contributed by atoms with Gasteiger partial charge >= 0.3 is 0 Å². The van der Waals surface area contributed by atoms with E-state index in [0.29, 0.717) is 11.0 Å². The largest absolute Gasteiger partial charge is 0.378 e. The maximum absolute atomic E-state index is 11.2. The Kier molecular flexibility index (Phi) is 1.71. The molecule has 0 saturated heterocycles. The van der Waals surface area contributed by atoms with Crippen LogP contribution in [0.3, 0.4) is 0 Å². The van der Waals surface area contributed by atoms with Crippen LogP contribution in [0.5, 0.6) is 0 Å². The van der Waals surface area contributed by atoms with Crippen molar-refractivity contribution >= 4 is 33.6 Å². The zero-order valence-electron chi connectivity index (χ0n) is 6.35. The van der Waals surface area contributed by atoms with Gasteiger partial charge in [0, 0.05) is 3.57 Å². The second kappa shape index (κ2) is 2.62. The van der Waals surface area contributed by atoms with Crippen molar-refractivity contribution < 1.29 is 4.52 Å². The van der Waals surface area contributed by atoms with Crippen molar-refractivity contribution in [2.45, 2.75) is 6.92 Å². The lowest BCUT2D eigenvalue weighted by Crippen LogP contribution is -1.99. The Labute approximate surface area is 81.9 Å². The van der Waals surface area contributed by atoms with Crippen molar-refractivity contribution in [1.82, 2.24) is 5.16 Å². The van der Waals surface area contributed by atoms with Gasteiger partial charge in [0.05, 0.1) is 0 Å². The van der Waals surface area contributed by atoms with E-state index in [1.807, 2.05) is 13.0 Å². The molecule has 0 spiro atoms. The minimum Gasteiger partial charge on any atom is -0.378 e. The van der Waals surface area contributed by atoms with Crippen LogP contribution in [-0.2, 0) is 0 Å². The molecule has 0 saturated carbocycles. The smallest absolute Gasteiger partial charge is 0.288 e. The summed E-state index contributed by atoms with van der Waals surface area (Å²) >= 11 is 2.14. The molecule has 0 fully saturated rings. The van der Waals surface area contributed by atoms with Crippen molar-refractivity contribution in [3.63, 3.8) is 0 Å². The van der Waals surface area contributed by atoms with E-state index < -0.39 is 0 Å². The van der Waals surface area contributed by atoms with E-state index in [-0.39, 0.29) is 5.56 Å². The number of nitrogens with one attached hydrogen (secondary N) is 1. The molecule has 62 valence electrons. The number of aromatic nitrogens is 1. The molecule has 0 radical (unpaired) electrons. The molecule has 2 rings (SSSR count). The summed E-state index contributed by atoms with van der Waals surface area (Å²) in [5, 5.41) is 2.96. The van der Waals surface area contributed by atoms with Gasteiger partial charge in [-0.1, -0.05) is 6.07 Å². The number of halogens is 1. The van der Waals surface area contributed by atoms with Gasteiger partial charge in [-0.3, -0.25) is 4.79 Å². The van der Waals surface area contributed by atoms with Crippen molar-refractivity contribution in [2.75, 3.05) is 0 Å². The van der Waals surface area contributed by atoms with Crippen LogP contribution in [0.2, 0.25) is 0 Å². The van der Waals surface area contributed by atoms with Crippen LogP contribution in [0, 0.1) is 10.5 Å². The van der Waals surface area contributed by atoms with Crippen LogP contribution < -0.4 is 5.56 Å². The highest BCUT2D eigenvalue weighted by Gasteiger charge is 2.08. The van der Waals surface area contributed by atoms with Gasteiger partial charge in [0.15, 0.2) is 5.58 Å². The summed E-state index contributed by atoms with van der Waals surface area (Å²) in [5.41, 5.74) is 1.56. The van der Waals surface area contributed by atoms with E-state index >= 15 is 0 Å². The van der Waals surface area contributed by atoms with Gasteiger partial charge in [-0.2, -0.15) is 5.16 Å². The SMILES string of the molecule is Cc1ccc2o[nH]c(=O)c2c1I. The summed E-state index contributed by atoms with van der Waals surface area (Å²) in [6.07, 6.45) is 0. The molecule has 4 heteroatoms. The fraction of sp³-hybridized carbons (Fsp3) is 0.125. The first-order valence-corrected chi connectivity index (χ1v) is 4.54. The molecule has 1 aromatic heterocycles. The van der Waals surface area contributed by atoms with Gasteiger partial charge in [0.25, 0.3) is 5.56 Å². The molecule has 0 aliphatic rings. The van der Waals surface area contributed by atoms with Gasteiger partial charge in [0.2, 0.25) is 0 Å². The molecule has 0 unspecified atom stereocenters. The predicted molar refractivity (Wildman–Crippen MR) is 54.3 cm³/mol. The third kappa shape index (κ3) is 0.979. The summed E-state index contributed by atoms with van der Waals surface area (Å²) in [6.45, 7) is 1.97. The maximum atomic E-state index is 11.2. The topological polar surface area (TPSA) is 46.0 Å². The normalized spacial score (nSPS) is 10.8. The number of hydrogen-bond donors (Lipinski definition) is 1. The lowest BCUT2D eigenvalue weighted by Gasteiger charge is -1.94. The molecular weight excluding hydrogens is 269 g/mol. The molecule has 12 heavy (non-hydrogen) atoms. The molecule has 0 aliphatic heterocycles. The molecule has 3 nitrogen and oxygen atoms in total. The number of hydrogen-bond acceptors (Lipinski definition) is 2. The molecule has 0 bridgehead atoms. The number of H-pyrrole nitrogens is 1. The highest BCUT2D eigenvalue weighted by atomic mass is 127. The van der Waals surface area contributed by atoms with E-state index in [1.54, 1.807) is 6.07 Å². The van der Waals surface area contributed by atoms with E-state index in [2.05, 4.69) is 27.7 Å². The Bertz CT molecular complexity index is 483. The van der Waals surface area contributed by atoms with E-state index in [9.17, 15) is 4.79 Å². The summed E-state index contributed by atoms with van der Waals surface area (Å²) < 4.78 is 5.90. The van der Waals surface area contributed by atoms with Gasteiger partial charge in [0.1, 0.15) is 5.39 Å². The van der Waals surface area contributed by atoms with Gasteiger partial charge < -0.3 is 4.52 Å². The second-order valence-electron chi connectivity index (χ2n) is 2.60. The van der Waals surface area contributed by atoms with Crippen molar-refractivity contribution in [3.8, 4) is 0 Å². The summed E-state index contributed by atoms with van der Waals surface area (Å²) in [6, 6.07) is 3.73. The van der Waals surface area contributed by atoms with Gasteiger partial charge in [-0.15, -0.1) is 0 Å². The van der Waals surface area contributed by atoms with Crippen LogP contribution >= 0.6 is 22.6 Å². The first kappa shape index (κ1) is 7.85. The average molecular weight is 275 g/mol. The molecule has 2 aromatic rings. The first-order valence-electron chi connectivity index (χ1n) is 3.46. The number of benzene rings is 1. The van der Waals surface area contributed by atoms with E-state index in [0.717, 1.165) is 9.13 Å². The third-order valence-corrected chi connectivity index (χ3v) is 3.17. The maximum Gasteiger partial charge on any atom is 0.288 e.